The van der Waals surface area contributed by atoms with E-state index in [1.807, 2.05) is 53.0 Å². The fourth-order valence-electron chi connectivity index (χ4n) is 2.74. The van der Waals surface area contributed by atoms with E-state index in [9.17, 15) is 9.59 Å². The Kier molecular flexibility index (Phi) is 8.20. The first-order valence-corrected chi connectivity index (χ1v) is 11.1. The molecule has 2 N–H and O–H groups in total. The van der Waals surface area contributed by atoms with Crippen molar-refractivity contribution in [3.8, 4) is 0 Å². The third-order valence-electron chi connectivity index (χ3n) is 4.64. The van der Waals surface area contributed by atoms with Crippen LogP contribution in [-0.2, 0) is 6.54 Å². The van der Waals surface area contributed by atoms with Crippen LogP contribution in [-0.4, -0.2) is 34.1 Å². The van der Waals surface area contributed by atoms with Crippen molar-refractivity contribution in [3.63, 3.8) is 0 Å². The largest absolute Gasteiger partial charge is 0.350 e. The van der Waals surface area contributed by atoms with Crippen molar-refractivity contribution in [1.29, 1.82) is 0 Å². The fraction of sp³-hybridized carbons (Fsp3) is 0.455. The monoisotopic (exact) mass is 414 g/mol. The molecule has 1 aromatic carbocycles. The van der Waals surface area contributed by atoms with Crippen molar-refractivity contribution < 1.29 is 9.59 Å². The Morgan fingerprint density at radius 2 is 1.86 bits per heavy atom. The Balaban J connectivity index is 2.14. The van der Waals surface area contributed by atoms with Gasteiger partial charge in [0, 0.05) is 24.1 Å². The van der Waals surface area contributed by atoms with Crippen LogP contribution < -0.4 is 10.6 Å². The average Bonchev–Trinajstić information content (AvgIpc) is 2.71. The van der Waals surface area contributed by atoms with Crippen molar-refractivity contribution in [1.82, 2.24) is 20.6 Å². The zero-order chi connectivity index (χ0) is 21.6. The summed E-state index contributed by atoms with van der Waals surface area (Å²) in [5.74, 6) is 0.617. The van der Waals surface area contributed by atoms with Crippen LogP contribution in [0.1, 0.15) is 77.8 Å². The molecule has 0 spiro atoms. The van der Waals surface area contributed by atoms with Crippen molar-refractivity contribution in [2.24, 2.45) is 0 Å². The lowest BCUT2D eigenvalue weighted by Crippen LogP contribution is -2.32. The summed E-state index contributed by atoms with van der Waals surface area (Å²) in [5.41, 5.74) is 2.63. The number of amides is 2. The molecule has 1 atom stereocenters. The van der Waals surface area contributed by atoms with Gasteiger partial charge in [-0.25, -0.2) is 9.97 Å². The van der Waals surface area contributed by atoms with Crippen LogP contribution in [0.3, 0.4) is 0 Å². The van der Waals surface area contributed by atoms with E-state index in [0.717, 1.165) is 17.8 Å². The second-order valence-corrected chi connectivity index (χ2v) is 8.17. The summed E-state index contributed by atoms with van der Waals surface area (Å²) < 4.78 is 0. The van der Waals surface area contributed by atoms with Gasteiger partial charge in [0.25, 0.3) is 11.8 Å². The summed E-state index contributed by atoms with van der Waals surface area (Å²) in [7, 11) is 0. The normalized spacial score (nSPS) is 12.0. The minimum absolute atomic E-state index is 0.106. The molecule has 0 radical (unpaired) electrons. The predicted molar refractivity (Wildman–Crippen MR) is 117 cm³/mol. The van der Waals surface area contributed by atoms with Crippen molar-refractivity contribution in [2.75, 3.05) is 6.26 Å². The zero-order valence-electron chi connectivity index (χ0n) is 18.0. The highest BCUT2D eigenvalue weighted by Gasteiger charge is 2.19. The lowest BCUT2D eigenvalue weighted by molar-refractivity contribution is 0.0935. The summed E-state index contributed by atoms with van der Waals surface area (Å²) in [4.78, 5) is 34.2. The third-order valence-corrected chi connectivity index (χ3v) is 5.33. The number of aromatic nitrogens is 2. The maximum Gasteiger partial charge on any atom is 0.256 e. The second-order valence-electron chi connectivity index (χ2n) is 7.37. The maximum absolute atomic E-state index is 12.8. The molecule has 0 aliphatic rings. The Labute approximate surface area is 177 Å². The number of carbonyl (C=O) groups is 2. The zero-order valence-corrected chi connectivity index (χ0v) is 18.8. The van der Waals surface area contributed by atoms with Crippen molar-refractivity contribution in [3.05, 3.63) is 52.5 Å². The minimum Gasteiger partial charge on any atom is -0.350 e. The predicted octanol–water partition coefficient (Wildman–Crippen LogP) is 4.09. The number of hydrogen-bond acceptors (Lipinski definition) is 5. The van der Waals surface area contributed by atoms with Crippen LogP contribution in [0.5, 0.6) is 0 Å². The highest BCUT2D eigenvalue weighted by Crippen LogP contribution is 2.23. The van der Waals surface area contributed by atoms with Crippen molar-refractivity contribution in [2.45, 2.75) is 64.6 Å². The molecular formula is C22H30N4O2S. The lowest BCUT2D eigenvalue weighted by Gasteiger charge is -2.14. The number of rotatable bonds is 8. The number of benzene rings is 1. The molecule has 1 heterocycles. The first-order valence-electron chi connectivity index (χ1n) is 9.87. The SMILES string of the molecule is CCC(C)NC(=O)c1cccc(CNC(=O)c2c(C)nc(C(C)C)nc2SC)c1. The number of aryl methyl sites for hydroxylation is 1. The van der Waals surface area contributed by atoms with E-state index in [1.165, 1.54) is 11.8 Å². The van der Waals surface area contributed by atoms with E-state index in [2.05, 4.69) is 20.6 Å². The van der Waals surface area contributed by atoms with Gasteiger partial charge in [0.15, 0.2) is 0 Å². The molecule has 0 aliphatic heterocycles. The standard InChI is InChI=1S/C22H30N4O2S/c1-7-14(4)24-20(27)17-10-8-9-16(11-17)12-23-21(28)18-15(5)25-19(13(2)3)26-22(18)29-6/h8-11,13-14H,7,12H2,1-6H3,(H,23,28)(H,24,27). The van der Waals surface area contributed by atoms with Gasteiger partial charge in [-0.15, -0.1) is 11.8 Å². The summed E-state index contributed by atoms with van der Waals surface area (Å²) in [5, 5.41) is 6.57. The highest BCUT2D eigenvalue weighted by molar-refractivity contribution is 7.98. The smallest absolute Gasteiger partial charge is 0.256 e. The summed E-state index contributed by atoms with van der Waals surface area (Å²) in [6.45, 7) is 10.2. The third kappa shape index (κ3) is 6.03. The number of hydrogen-bond donors (Lipinski definition) is 2. The number of nitrogens with zero attached hydrogens (tertiary/aromatic N) is 2. The van der Waals surface area contributed by atoms with Gasteiger partial charge >= 0.3 is 0 Å². The summed E-state index contributed by atoms with van der Waals surface area (Å²) >= 11 is 1.44. The molecule has 1 aromatic heterocycles. The van der Waals surface area contributed by atoms with Crippen LogP contribution in [0.4, 0.5) is 0 Å². The van der Waals surface area contributed by atoms with Gasteiger partial charge < -0.3 is 10.6 Å². The second kappa shape index (κ2) is 10.4. The molecule has 2 rings (SSSR count). The van der Waals surface area contributed by atoms with Gasteiger partial charge in [-0.2, -0.15) is 0 Å². The Hall–Kier alpha value is -2.41. The molecule has 0 bridgehead atoms. The molecule has 0 saturated heterocycles. The average molecular weight is 415 g/mol. The van der Waals surface area contributed by atoms with Crippen LogP contribution in [0.15, 0.2) is 29.3 Å². The number of nitrogens with one attached hydrogen (secondary N) is 2. The van der Waals surface area contributed by atoms with Gasteiger partial charge in [0.05, 0.1) is 11.3 Å². The quantitative estimate of drug-likeness (QED) is 0.502. The fourth-order valence-corrected chi connectivity index (χ4v) is 3.37. The Morgan fingerprint density at radius 1 is 1.14 bits per heavy atom. The molecule has 1 unspecified atom stereocenters. The van der Waals surface area contributed by atoms with Gasteiger partial charge in [-0.1, -0.05) is 32.9 Å². The molecule has 0 saturated carbocycles. The van der Waals surface area contributed by atoms with Gasteiger partial charge in [-0.3, -0.25) is 9.59 Å². The van der Waals surface area contributed by atoms with E-state index >= 15 is 0 Å². The first-order chi connectivity index (χ1) is 13.8. The van der Waals surface area contributed by atoms with E-state index in [4.69, 9.17) is 0 Å². The molecule has 2 amide bonds. The number of thioether (sulfide) groups is 1. The molecule has 2 aromatic rings. The molecule has 7 heteroatoms. The van der Waals surface area contributed by atoms with Crippen LogP contribution in [0.25, 0.3) is 0 Å². The summed E-state index contributed by atoms with van der Waals surface area (Å²) in [6.07, 6.45) is 2.78. The van der Waals surface area contributed by atoms with E-state index < -0.39 is 0 Å². The Morgan fingerprint density at radius 3 is 2.48 bits per heavy atom. The van der Waals surface area contributed by atoms with E-state index in [1.54, 1.807) is 12.1 Å². The molecule has 0 fully saturated rings. The van der Waals surface area contributed by atoms with Crippen LogP contribution >= 0.6 is 11.8 Å². The highest BCUT2D eigenvalue weighted by atomic mass is 32.2. The molecule has 156 valence electrons. The topological polar surface area (TPSA) is 84.0 Å². The maximum atomic E-state index is 12.8. The molecule has 0 aliphatic carbocycles. The Bertz CT molecular complexity index is 883. The molecule has 6 nitrogen and oxygen atoms in total. The van der Waals surface area contributed by atoms with Gasteiger partial charge in [0.1, 0.15) is 10.9 Å². The van der Waals surface area contributed by atoms with E-state index in [0.29, 0.717) is 28.4 Å². The minimum atomic E-state index is -0.211. The van der Waals surface area contributed by atoms with Crippen molar-refractivity contribution >= 4 is 23.6 Å². The molecular weight excluding hydrogens is 384 g/mol. The summed E-state index contributed by atoms with van der Waals surface area (Å²) in [6, 6.07) is 7.41. The lowest BCUT2D eigenvalue weighted by atomic mass is 10.1. The van der Waals surface area contributed by atoms with Gasteiger partial charge in [-0.05, 0) is 44.2 Å². The first kappa shape index (κ1) is 22.9. The number of carbonyl (C=O) groups excluding carboxylic acids is 2. The molecule has 29 heavy (non-hydrogen) atoms. The van der Waals surface area contributed by atoms with E-state index in [-0.39, 0.29) is 23.8 Å². The van der Waals surface area contributed by atoms with Crippen LogP contribution in [0, 0.1) is 6.92 Å². The van der Waals surface area contributed by atoms with Crippen LogP contribution in [0.2, 0.25) is 0 Å². The van der Waals surface area contributed by atoms with Gasteiger partial charge in [0.2, 0.25) is 0 Å².